The largest absolute Gasteiger partial charge is 0.492 e. The number of piperazine rings is 1. The number of hydrogen-bond donors (Lipinski definition) is 1. The number of anilines is 2. The summed E-state index contributed by atoms with van der Waals surface area (Å²) in [5.74, 6) is 0.981. The van der Waals surface area contributed by atoms with Crippen LogP contribution in [0.15, 0.2) is 42.5 Å². The van der Waals surface area contributed by atoms with E-state index in [4.69, 9.17) is 4.74 Å². The predicted octanol–water partition coefficient (Wildman–Crippen LogP) is 3.85. The van der Waals surface area contributed by atoms with Gasteiger partial charge in [0, 0.05) is 31.9 Å². The summed E-state index contributed by atoms with van der Waals surface area (Å²) < 4.78 is 5.77. The van der Waals surface area contributed by atoms with E-state index in [0.29, 0.717) is 6.61 Å². The molecule has 28 heavy (non-hydrogen) atoms. The molecule has 0 unspecified atom stereocenters. The molecular formula is C23H31N3O2. The van der Waals surface area contributed by atoms with Gasteiger partial charge in [0.1, 0.15) is 5.75 Å². The SMILES string of the molecule is CCOc1ccccc1N1CCN([C@H](C)C(=O)Nc2ccc(C)cc2C)CC1. The monoisotopic (exact) mass is 381 g/mol. The molecular weight excluding hydrogens is 350 g/mol. The molecule has 5 nitrogen and oxygen atoms in total. The number of amides is 1. The summed E-state index contributed by atoms with van der Waals surface area (Å²) in [5.41, 5.74) is 4.33. The van der Waals surface area contributed by atoms with Crippen LogP contribution in [0.5, 0.6) is 5.75 Å². The molecule has 2 aromatic carbocycles. The van der Waals surface area contributed by atoms with Gasteiger partial charge in [0.05, 0.1) is 18.3 Å². The fourth-order valence-electron chi connectivity index (χ4n) is 3.70. The molecule has 0 bridgehead atoms. The van der Waals surface area contributed by atoms with E-state index in [1.165, 1.54) is 5.56 Å². The minimum atomic E-state index is -0.162. The molecule has 0 radical (unpaired) electrons. The van der Waals surface area contributed by atoms with Crippen molar-refractivity contribution in [3.63, 3.8) is 0 Å². The first-order valence-corrected chi connectivity index (χ1v) is 10.1. The van der Waals surface area contributed by atoms with E-state index < -0.39 is 0 Å². The van der Waals surface area contributed by atoms with Crippen molar-refractivity contribution < 1.29 is 9.53 Å². The van der Waals surface area contributed by atoms with Gasteiger partial charge in [-0.2, -0.15) is 0 Å². The number of aryl methyl sites for hydroxylation is 2. The highest BCUT2D eigenvalue weighted by Crippen LogP contribution is 2.29. The fourth-order valence-corrected chi connectivity index (χ4v) is 3.70. The molecule has 150 valence electrons. The van der Waals surface area contributed by atoms with Crippen molar-refractivity contribution in [2.45, 2.75) is 33.7 Å². The zero-order valence-corrected chi connectivity index (χ0v) is 17.4. The number of benzene rings is 2. The summed E-state index contributed by atoms with van der Waals surface area (Å²) in [4.78, 5) is 17.3. The second-order valence-corrected chi connectivity index (χ2v) is 7.41. The summed E-state index contributed by atoms with van der Waals surface area (Å²) in [5, 5.41) is 3.09. The molecule has 1 heterocycles. The van der Waals surface area contributed by atoms with Crippen LogP contribution in [0.2, 0.25) is 0 Å². The van der Waals surface area contributed by atoms with Crippen LogP contribution in [0.4, 0.5) is 11.4 Å². The van der Waals surface area contributed by atoms with Crippen molar-refractivity contribution >= 4 is 17.3 Å². The summed E-state index contributed by atoms with van der Waals surface area (Å²) in [6.07, 6.45) is 0. The Hall–Kier alpha value is -2.53. The summed E-state index contributed by atoms with van der Waals surface area (Å²) in [6.45, 7) is 12.2. The zero-order chi connectivity index (χ0) is 20.1. The van der Waals surface area contributed by atoms with E-state index >= 15 is 0 Å². The average molecular weight is 382 g/mol. The Bertz CT molecular complexity index is 813. The van der Waals surface area contributed by atoms with E-state index in [1.54, 1.807) is 0 Å². The molecule has 5 heteroatoms. The normalized spacial score (nSPS) is 15.9. The second kappa shape index (κ2) is 9.11. The van der Waals surface area contributed by atoms with Crippen LogP contribution in [-0.4, -0.2) is 49.6 Å². The Balaban J connectivity index is 1.59. The first-order valence-electron chi connectivity index (χ1n) is 10.1. The maximum atomic E-state index is 12.8. The molecule has 0 aromatic heterocycles. The highest BCUT2D eigenvalue weighted by Gasteiger charge is 2.26. The maximum Gasteiger partial charge on any atom is 0.241 e. The summed E-state index contributed by atoms with van der Waals surface area (Å²) in [6, 6.07) is 14.1. The number of carbonyl (C=O) groups is 1. The van der Waals surface area contributed by atoms with Crippen molar-refractivity contribution in [2.24, 2.45) is 0 Å². The van der Waals surface area contributed by atoms with Crippen molar-refractivity contribution in [3.8, 4) is 5.75 Å². The van der Waals surface area contributed by atoms with E-state index in [0.717, 1.165) is 48.9 Å². The highest BCUT2D eigenvalue weighted by atomic mass is 16.5. The van der Waals surface area contributed by atoms with Crippen molar-refractivity contribution in [3.05, 3.63) is 53.6 Å². The van der Waals surface area contributed by atoms with Gasteiger partial charge in [0.2, 0.25) is 5.91 Å². The van der Waals surface area contributed by atoms with Gasteiger partial charge in [-0.15, -0.1) is 0 Å². The van der Waals surface area contributed by atoms with Crippen molar-refractivity contribution in [2.75, 3.05) is 43.0 Å². The lowest BCUT2D eigenvalue weighted by molar-refractivity contribution is -0.120. The molecule has 3 rings (SSSR count). The Labute approximate surface area is 168 Å². The second-order valence-electron chi connectivity index (χ2n) is 7.41. The van der Waals surface area contributed by atoms with E-state index in [2.05, 4.69) is 34.2 Å². The number of nitrogens with one attached hydrogen (secondary N) is 1. The first-order chi connectivity index (χ1) is 13.5. The van der Waals surface area contributed by atoms with Gasteiger partial charge < -0.3 is 15.0 Å². The number of hydrogen-bond acceptors (Lipinski definition) is 4. The van der Waals surface area contributed by atoms with Crippen LogP contribution in [-0.2, 0) is 4.79 Å². The molecule has 0 aliphatic carbocycles. The number of para-hydroxylation sites is 2. The molecule has 2 aromatic rings. The number of carbonyl (C=O) groups excluding carboxylic acids is 1. The molecule has 0 spiro atoms. The van der Waals surface area contributed by atoms with Gasteiger partial charge in [-0.05, 0) is 51.5 Å². The van der Waals surface area contributed by atoms with E-state index in [-0.39, 0.29) is 11.9 Å². The van der Waals surface area contributed by atoms with Crippen LogP contribution >= 0.6 is 0 Å². The van der Waals surface area contributed by atoms with Crippen LogP contribution in [0.25, 0.3) is 0 Å². The standard InChI is InChI=1S/C23H31N3O2/c1-5-28-22-9-7-6-8-21(22)26-14-12-25(13-15-26)19(4)23(27)24-20-11-10-17(2)16-18(20)3/h6-11,16,19H,5,12-15H2,1-4H3,(H,24,27)/t19-/m1/s1. The fraction of sp³-hybridized carbons (Fsp3) is 0.435. The van der Waals surface area contributed by atoms with Crippen molar-refractivity contribution in [1.82, 2.24) is 4.90 Å². The van der Waals surface area contributed by atoms with E-state index in [1.807, 2.05) is 51.1 Å². The quantitative estimate of drug-likeness (QED) is 0.825. The molecule has 0 saturated carbocycles. The smallest absolute Gasteiger partial charge is 0.241 e. The van der Waals surface area contributed by atoms with Gasteiger partial charge in [0.25, 0.3) is 0 Å². The maximum absolute atomic E-state index is 12.8. The minimum absolute atomic E-state index is 0.0510. The van der Waals surface area contributed by atoms with E-state index in [9.17, 15) is 4.79 Å². The lowest BCUT2D eigenvalue weighted by Crippen LogP contribution is -2.53. The van der Waals surface area contributed by atoms with Gasteiger partial charge in [-0.25, -0.2) is 0 Å². The predicted molar refractivity (Wildman–Crippen MR) is 115 cm³/mol. The van der Waals surface area contributed by atoms with Gasteiger partial charge in [-0.1, -0.05) is 29.8 Å². The molecule has 1 saturated heterocycles. The lowest BCUT2D eigenvalue weighted by atomic mass is 10.1. The molecule has 1 amide bonds. The average Bonchev–Trinajstić information content (AvgIpc) is 2.70. The third kappa shape index (κ3) is 4.65. The number of nitrogens with zero attached hydrogens (tertiary/aromatic N) is 2. The topological polar surface area (TPSA) is 44.8 Å². The summed E-state index contributed by atoms with van der Waals surface area (Å²) in [7, 11) is 0. The Morgan fingerprint density at radius 2 is 1.82 bits per heavy atom. The van der Waals surface area contributed by atoms with Gasteiger partial charge >= 0.3 is 0 Å². The first kappa shape index (κ1) is 20.2. The minimum Gasteiger partial charge on any atom is -0.492 e. The Morgan fingerprint density at radius 3 is 2.50 bits per heavy atom. The van der Waals surface area contributed by atoms with Crippen LogP contribution in [0.3, 0.4) is 0 Å². The molecule has 1 fully saturated rings. The highest BCUT2D eigenvalue weighted by molar-refractivity contribution is 5.95. The Kier molecular flexibility index (Phi) is 6.57. The molecule has 1 aliphatic heterocycles. The molecule has 1 N–H and O–H groups in total. The number of rotatable bonds is 6. The summed E-state index contributed by atoms with van der Waals surface area (Å²) >= 11 is 0. The zero-order valence-electron chi connectivity index (χ0n) is 17.4. The Morgan fingerprint density at radius 1 is 1.11 bits per heavy atom. The van der Waals surface area contributed by atoms with Crippen LogP contribution < -0.4 is 15.0 Å². The van der Waals surface area contributed by atoms with Crippen LogP contribution in [0.1, 0.15) is 25.0 Å². The molecule has 1 aliphatic rings. The third-order valence-corrected chi connectivity index (χ3v) is 5.39. The van der Waals surface area contributed by atoms with Crippen LogP contribution in [0, 0.1) is 13.8 Å². The van der Waals surface area contributed by atoms with Gasteiger partial charge in [-0.3, -0.25) is 9.69 Å². The van der Waals surface area contributed by atoms with Crippen molar-refractivity contribution in [1.29, 1.82) is 0 Å². The number of ether oxygens (including phenoxy) is 1. The van der Waals surface area contributed by atoms with Gasteiger partial charge in [0.15, 0.2) is 0 Å². The third-order valence-electron chi connectivity index (χ3n) is 5.39. The lowest BCUT2D eigenvalue weighted by Gasteiger charge is -2.39. The molecule has 1 atom stereocenters.